The number of carbonyl (C=O) groups is 2. The Morgan fingerprint density at radius 3 is 2.28 bits per heavy atom. The lowest BCUT2D eigenvalue weighted by Crippen LogP contribution is -2.22. The molecule has 0 saturated carbocycles. The number of aryl methyl sites for hydroxylation is 2. The third kappa shape index (κ3) is 5.50. The van der Waals surface area contributed by atoms with Crippen molar-refractivity contribution in [1.82, 2.24) is 0 Å². The summed E-state index contributed by atoms with van der Waals surface area (Å²) in [5, 5.41) is 9.30. The summed E-state index contributed by atoms with van der Waals surface area (Å²) in [6.45, 7) is 5.73. The summed E-state index contributed by atoms with van der Waals surface area (Å²) >= 11 is 6.05. The molecule has 0 aliphatic rings. The van der Waals surface area contributed by atoms with E-state index in [-0.39, 0.29) is 18.4 Å². The smallest absolute Gasteiger partial charge is 0.243 e. The van der Waals surface area contributed by atoms with Crippen LogP contribution in [0.4, 0.5) is 17.1 Å². The Labute approximate surface area is 152 Å². The second kappa shape index (κ2) is 8.53. The number of amides is 2. The van der Waals surface area contributed by atoms with E-state index in [0.717, 1.165) is 22.5 Å². The van der Waals surface area contributed by atoms with Gasteiger partial charge >= 0.3 is 0 Å². The minimum atomic E-state index is -0.181. The molecule has 5 nitrogen and oxygen atoms in total. The minimum Gasteiger partial charge on any atom is -0.376 e. The summed E-state index contributed by atoms with van der Waals surface area (Å²) < 4.78 is 0. The zero-order valence-electron chi connectivity index (χ0n) is 14.6. The Bertz CT molecular complexity index is 790. The number of anilines is 3. The van der Waals surface area contributed by atoms with Gasteiger partial charge in [0.05, 0.1) is 6.54 Å². The Hall–Kier alpha value is -2.53. The van der Waals surface area contributed by atoms with Gasteiger partial charge in [-0.25, -0.2) is 0 Å². The van der Waals surface area contributed by atoms with Crippen LogP contribution in [0.3, 0.4) is 0 Å². The molecule has 2 aromatic carbocycles. The third-order valence-corrected chi connectivity index (χ3v) is 4.15. The van der Waals surface area contributed by atoms with E-state index in [4.69, 9.17) is 11.6 Å². The second-order valence-corrected chi connectivity index (χ2v) is 6.20. The molecule has 0 aromatic heterocycles. The molecule has 0 bridgehead atoms. The topological polar surface area (TPSA) is 70.2 Å². The first-order valence-corrected chi connectivity index (χ1v) is 8.47. The average Bonchev–Trinajstić information content (AvgIpc) is 2.58. The molecule has 0 atom stereocenters. The van der Waals surface area contributed by atoms with E-state index in [1.54, 1.807) is 13.0 Å². The van der Waals surface area contributed by atoms with Gasteiger partial charge < -0.3 is 16.0 Å². The number of hydrogen-bond acceptors (Lipinski definition) is 3. The van der Waals surface area contributed by atoms with Gasteiger partial charge in [0, 0.05) is 28.5 Å². The predicted molar refractivity (Wildman–Crippen MR) is 103 cm³/mol. The lowest BCUT2D eigenvalue weighted by molar-refractivity contribution is -0.116. The minimum absolute atomic E-state index is 0.0470. The van der Waals surface area contributed by atoms with Crippen molar-refractivity contribution in [2.75, 3.05) is 22.5 Å². The summed E-state index contributed by atoms with van der Waals surface area (Å²) in [5.41, 5.74) is 4.07. The highest BCUT2D eigenvalue weighted by molar-refractivity contribution is 6.31. The van der Waals surface area contributed by atoms with E-state index < -0.39 is 0 Å². The average molecular weight is 360 g/mol. The maximum Gasteiger partial charge on any atom is 0.243 e. The van der Waals surface area contributed by atoms with Crippen LogP contribution >= 0.6 is 11.6 Å². The molecule has 3 N–H and O–H groups in total. The number of rotatable bonds is 6. The Kier molecular flexibility index (Phi) is 6.42. The number of halogens is 1. The van der Waals surface area contributed by atoms with Crippen LogP contribution in [0.25, 0.3) is 0 Å². The van der Waals surface area contributed by atoms with Crippen molar-refractivity contribution in [3.63, 3.8) is 0 Å². The van der Waals surface area contributed by atoms with E-state index in [0.29, 0.717) is 17.1 Å². The lowest BCUT2D eigenvalue weighted by Gasteiger charge is -2.12. The molecule has 0 aliphatic heterocycles. The molecule has 132 valence electrons. The number of hydrogen-bond donors (Lipinski definition) is 3. The molecule has 0 spiro atoms. The maximum atomic E-state index is 12.1. The van der Waals surface area contributed by atoms with Crippen molar-refractivity contribution in [2.24, 2.45) is 0 Å². The van der Waals surface area contributed by atoms with Crippen LogP contribution in [0.15, 0.2) is 36.4 Å². The van der Waals surface area contributed by atoms with Crippen LogP contribution in [0.2, 0.25) is 5.02 Å². The number of carbonyl (C=O) groups excluding carboxylic acids is 2. The zero-order chi connectivity index (χ0) is 18.4. The Morgan fingerprint density at radius 1 is 0.920 bits per heavy atom. The molecule has 0 fully saturated rings. The van der Waals surface area contributed by atoms with Crippen molar-refractivity contribution in [3.8, 4) is 0 Å². The first kappa shape index (κ1) is 18.8. The highest BCUT2D eigenvalue weighted by Crippen LogP contribution is 2.21. The van der Waals surface area contributed by atoms with Crippen molar-refractivity contribution in [3.05, 3.63) is 52.5 Å². The largest absolute Gasteiger partial charge is 0.376 e. The normalized spacial score (nSPS) is 10.2. The van der Waals surface area contributed by atoms with Gasteiger partial charge in [-0.1, -0.05) is 30.7 Å². The molecule has 0 unspecified atom stereocenters. The number of nitrogens with one attached hydrogen (secondary N) is 3. The van der Waals surface area contributed by atoms with Crippen LogP contribution in [-0.2, 0) is 9.59 Å². The van der Waals surface area contributed by atoms with E-state index in [1.807, 2.05) is 44.2 Å². The molecule has 0 saturated heterocycles. The summed E-state index contributed by atoms with van der Waals surface area (Å²) in [4.78, 5) is 23.6. The predicted octanol–water partition coefficient (Wildman–Crippen LogP) is 4.36. The van der Waals surface area contributed by atoms with Crippen molar-refractivity contribution >= 4 is 40.5 Å². The van der Waals surface area contributed by atoms with Gasteiger partial charge in [-0.15, -0.1) is 0 Å². The summed E-state index contributed by atoms with van der Waals surface area (Å²) in [7, 11) is 0. The van der Waals surface area contributed by atoms with E-state index in [2.05, 4.69) is 16.0 Å². The first-order chi connectivity index (χ1) is 11.9. The van der Waals surface area contributed by atoms with Gasteiger partial charge in [-0.05, 0) is 49.2 Å². The fourth-order valence-corrected chi connectivity index (χ4v) is 2.34. The quantitative estimate of drug-likeness (QED) is 0.717. The molecule has 2 amide bonds. The summed E-state index contributed by atoms with van der Waals surface area (Å²) in [6, 6.07) is 11.0. The lowest BCUT2D eigenvalue weighted by atomic mass is 10.1. The molecule has 6 heteroatoms. The standard InChI is InChI=1S/C19H22ClN3O2/c1-4-18(24)23-17-10-14(7-6-13(17)3)21-11-19(25)22-15-8-5-12(2)16(20)9-15/h5-10,21H,4,11H2,1-3H3,(H,22,25)(H,23,24). The van der Waals surface area contributed by atoms with Crippen LogP contribution in [-0.4, -0.2) is 18.4 Å². The van der Waals surface area contributed by atoms with Gasteiger partial charge in [0.25, 0.3) is 0 Å². The van der Waals surface area contributed by atoms with Gasteiger partial charge in [0.1, 0.15) is 0 Å². The van der Waals surface area contributed by atoms with Crippen molar-refractivity contribution in [1.29, 1.82) is 0 Å². The van der Waals surface area contributed by atoms with E-state index in [1.165, 1.54) is 0 Å². The van der Waals surface area contributed by atoms with Gasteiger partial charge in [-0.2, -0.15) is 0 Å². The number of benzene rings is 2. The van der Waals surface area contributed by atoms with Crippen LogP contribution < -0.4 is 16.0 Å². The van der Waals surface area contributed by atoms with Crippen molar-refractivity contribution in [2.45, 2.75) is 27.2 Å². The molecular formula is C19H22ClN3O2. The SMILES string of the molecule is CCC(=O)Nc1cc(NCC(=O)Nc2ccc(C)c(Cl)c2)ccc1C. The van der Waals surface area contributed by atoms with Gasteiger partial charge in [0.15, 0.2) is 0 Å². The van der Waals surface area contributed by atoms with Gasteiger partial charge in [-0.3, -0.25) is 9.59 Å². The molecule has 0 radical (unpaired) electrons. The molecule has 25 heavy (non-hydrogen) atoms. The van der Waals surface area contributed by atoms with E-state index >= 15 is 0 Å². The third-order valence-electron chi connectivity index (χ3n) is 3.74. The summed E-state index contributed by atoms with van der Waals surface area (Å²) in [5.74, 6) is -0.228. The Balaban J connectivity index is 1.96. The monoisotopic (exact) mass is 359 g/mol. The first-order valence-electron chi connectivity index (χ1n) is 8.09. The van der Waals surface area contributed by atoms with Gasteiger partial charge in [0.2, 0.25) is 11.8 Å². The molecule has 2 aromatic rings. The maximum absolute atomic E-state index is 12.1. The highest BCUT2D eigenvalue weighted by Gasteiger charge is 2.07. The van der Waals surface area contributed by atoms with E-state index in [9.17, 15) is 9.59 Å². The van der Waals surface area contributed by atoms with Crippen molar-refractivity contribution < 1.29 is 9.59 Å². The molecule has 0 heterocycles. The highest BCUT2D eigenvalue weighted by atomic mass is 35.5. The molecular weight excluding hydrogens is 338 g/mol. The summed E-state index contributed by atoms with van der Waals surface area (Å²) in [6.07, 6.45) is 0.415. The van der Waals surface area contributed by atoms with Crippen LogP contribution in [0, 0.1) is 13.8 Å². The fraction of sp³-hybridized carbons (Fsp3) is 0.263. The molecule has 2 rings (SSSR count). The fourth-order valence-electron chi connectivity index (χ4n) is 2.16. The van der Waals surface area contributed by atoms with Crippen LogP contribution in [0.5, 0.6) is 0 Å². The van der Waals surface area contributed by atoms with Crippen LogP contribution in [0.1, 0.15) is 24.5 Å². The zero-order valence-corrected chi connectivity index (χ0v) is 15.3. The molecule has 0 aliphatic carbocycles. The second-order valence-electron chi connectivity index (χ2n) is 5.80. The Morgan fingerprint density at radius 2 is 1.60 bits per heavy atom.